The third-order valence-corrected chi connectivity index (χ3v) is 2.85. The number of carbonyl (C=O) groups is 1. The lowest BCUT2D eigenvalue weighted by atomic mass is 10.1. The summed E-state index contributed by atoms with van der Waals surface area (Å²) in [6.07, 6.45) is 1.61. The van der Waals surface area contributed by atoms with Gasteiger partial charge in [0.2, 0.25) is 5.78 Å². The molecule has 0 spiro atoms. The first kappa shape index (κ1) is 11.7. The fourth-order valence-corrected chi connectivity index (χ4v) is 1.73. The van der Waals surface area contributed by atoms with E-state index in [9.17, 15) is 4.79 Å². The summed E-state index contributed by atoms with van der Waals surface area (Å²) in [6, 6.07) is 6.55. The Bertz CT molecular complexity index is 563. The van der Waals surface area contributed by atoms with Crippen LogP contribution in [0, 0.1) is 0 Å². The van der Waals surface area contributed by atoms with Gasteiger partial charge < -0.3 is 5.73 Å². The number of hydrogen-bond donors (Lipinski definition) is 1. The molecule has 88 valence electrons. The molecular weight excluding hydrogens is 238 g/mol. The Morgan fingerprint density at radius 1 is 1.47 bits per heavy atom. The highest BCUT2D eigenvalue weighted by atomic mass is 35.5. The van der Waals surface area contributed by atoms with E-state index in [1.807, 2.05) is 6.92 Å². The molecule has 0 fully saturated rings. The highest BCUT2D eigenvalue weighted by Crippen LogP contribution is 2.21. The van der Waals surface area contributed by atoms with E-state index in [0.717, 1.165) is 0 Å². The number of anilines is 1. The smallest absolute Gasteiger partial charge is 0.211 e. The Kier molecular flexibility index (Phi) is 3.15. The maximum absolute atomic E-state index is 12.2. The van der Waals surface area contributed by atoms with Gasteiger partial charge in [-0.15, -0.1) is 0 Å². The fourth-order valence-electron chi connectivity index (χ4n) is 1.61. The molecule has 0 bridgehead atoms. The summed E-state index contributed by atoms with van der Waals surface area (Å²) < 4.78 is 1.65. The summed E-state index contributed by atoms with van der Waals surface area (Å²) in [6.45, 7) is 2.58. The van der Waals surface area contributed by atoms with Crippen molar-refractivity contribution in [2.45, 2.75) is 13.5 Å². The van der Waals surface area contributed by atoms with Crippen molar-refractivity contribution in [3.05, 3.63) is 46.7 Å². The Hall–Kier alpha value is -1.81. The molecule has 0 aliphatic rings. The van der Waals surface area contributed by atoms with E-state index in [-0.39, 0.29) is 5.78 Å². The number of rotatable bonds is 3. The molecule has 1 heterocycles. The molecule has 17 heavy (non-hydrogen) atoms. The first-order chi connectivity index (χ1) is 8.13. The Morgan fingerprint density at radius 2 is 2.24 bits per heavy atom. The highest BCUT2D eigenvalue weighted by Gasteiger charge is 2.14. The first-order valence-electron chi connectivity index (χ1n) is 5.25. The van der Waals surface area contributed by atoms with Crippen LogP contribution in [0.1, 0.15) is 23.0 Å². The van der Waals surface area contributed by atoms with Gasteiger partial charge in [-0.25, -0.2) is 0 Å². The predicted octanol–water partition coefficient (Wildman–Crippen LogP) is 2.37. The zero-order valence-electron chi connectivity index (χ0n) is 9.35. The fraction of sp³-hybridized carbons (Fsp3) is 0.167. The van der Waals surface area contributed by atoms with Crippen molar-refractivity contribution in [1.29, 1.82) is 0 Å². The molecule has 2 aromatic rings. The summed E-state index contributed by atoms with van der Waals surface area (Å²) >= 11 is 5.81. The van der Waals surface area contributed by atoms with Crippen molar-refractivity contribution < 1.29 is 4.79 Å². The van der Waals surface area contributed by atoms with Crippen molar-refractivity contribution >= 4 is 23.1 Å². The number of ketones is 1. The number of benzene rings is 1. The molecular formula is C12H12ClN3O. The maximum atomic E-state index is 12.2. The molecule has 0 saturated heterocycles. The van der Waals surface area contributed by atoms with Gasteiger partial charge in [-0.1, -0.05) is 11.6 Å². The largest absolute Gasteiger partial charge is 0.398 e. The van der Waals surface area contributed by atoms with Gasteiger partial charge in [0.15, 0.2) is 0 Å². The summed E-state index contributed by atoms with van der Waals surface area (Å²) in [7, 11) is 0. The van der Waals surface area contributed by atoms with Gasteiger partial charge in [0.25, 0.3) is 0 Å². The number of nitrogen functional groups attached to an aromatic ring is 1. The minimum Gasteiger partial charge on any atom is -0.398 e. The summed E-state index contributed by atoms with van der Waals surface area (Å²) in [5, 5.41) is 4.51. The number of aromatic nitrogens is 2. The third-order valence-electron chi connectivity index (χ3n) is 2.51. The van der Waals surface area contributed by atoms with Gasteiger partial charge in [-0.2, -0.15) is 5.10 Å². The van der Waals surface area contributed by atoms with Crippen LogP contribution in [0.2, 0.25) is 5.02 Å². The van der Waals surface area contributed by atoms with Crippen LogP contribution < -0.4 is 5.73 Å². The van der Waals surface area contributed by atoms with Crippen LogP contribution in [-0.4, -0.2) is 15.6 Å². The second-order valence-electron chi connectivity index (χ2n) is 3.60. The van der Waals surface area contributed by atoms with Gasteiger partial charge >= 0.3 is 0 Å². The molecule has 0 unspecified atom stereocenters. The van der Waals surface area contributed by atoms with Crippen LogP contribution in [0.15, 0.2) is 30.5 Å². The minimum absolute atomic E-state index is 0.104. The molecule has 0 amide bonds. The van der Waals surface area contributed by atoms with Crippen LogP contribution in [-0.2, 0) is 6.54 Å². The van der Waals surface area contributed by atoms with E-state index in [4.69, 9.17) is 17.3 Å². The van der Waals surface area contributed by atoms with Crippen molar-refractivity contribution in [3.63, 3.8) is 0 Å². The van der Waals surface area contributed by atoms with Gasteiger partial charge in [0.05, 0.1) is 10.7 Å². The Labute approximate surface area is 104 Å². The number of halogens is 1. The Morgan fingerprint density at radius 3 is 2.88 bits per heavy atom. The molecule has 4 nitrogen and oxygen atoms in total. The minimum atomic E-state index is -0.104. The summed E-state index contributed by atoms with van der Waals surface area (Å²) in [5.41, 5.74) is 7.14. The van der Waals surface area contributed by atoms with Crippen LogP contribution in [0.3, 0.4) is 0 Å². The molecule has 0 atom stereocenters. The van der Waals surface area contributed by atoms with Gasteiger partial charge in [0, 0.05) is 18.3 Å². The van der Waals surface area contributed by atoms with Crippen LogP contribution in [0.4, 0.5) is 5.69 Å². The molecule has 1 aromatic heterocycles. The molecule has 0 aliphatic carbocycles. The van der Waals surface area contributed by atoms with Gasteiger partial charge in [-0.05, 0) is 31.2 Å². The van der Waals surface area contributed by atoms with E-state index in [1.165, 1.54) is 0 Å². The lowest BCUT2D eigenvalue weighted by Crippen LogP contribution is -2.10. The quantitative estimate of drug-likeness (QED) is 0.671. The topological polar surface area (TPSA) is 60.9 Å². The molecule has 2 rings (SSSR count). The maximum Gasteiger partial charge on any atom is 0.211 e. The zero-order chi connectivity index (χ0) is 12.4. The van der Waals surface area contributed by atoms with Crippen molar-refractivity contribution in [2.75, 3.05) is 5.73 Å². The van der Waals surface area contributed by atoms with Gasteiger partial charge in [0.1, 0.15) is 5.69 Å². The SMILES string of the molecule is CCn1nccc1C(=O)c1ccc(Cl)c(N)c1. The van der Waals surface area contributed by atoms with Crippen molar-refractivity contribution in [2.24, 2.45) is 0 Å². The molecule has 1 aromatic carbocycles. The first-order valence-corrected chi connectivity index (χ1v) is 5.62. The Balaban J connectivity index is 2.40. The van der Waals surface area contributed by atoms with E-state index >= 15 is 0 Å². The van der Waals surface area contributed by atoms with Crippen LogP contribution in [0.25, 0.3) is 0 Å². The number of nitrogens with zero attached hydrogens (tertiary/aromatic N) is 2. The molecule has 5 heteroatoms. The lowest BCUT2D eigenvalue weighted by Gasteiger charge is -2.05. The standard InChI is InChI=1S/C12H12ClN3O/c1-2-16-11(5-6-15-16)12(17)8-3-4-9(13)10(14)7-8/h3-7H,2,14H2,1H3. The normalized spacial score (nSPS) is 10.5. The number of hydrogen-bond acceptors (Lipinski definition) is 3. The molecule has 0 aliphatic heterocycles. The molecule has 0 saturated carbocycles. The lowest BCUT2D eigenvalue weighted by molar-refractivity contribution is 0.102. The summed E-state index contributed by atoms with van der Waals surface area (Å²) in [4.78, 5) is 12.2. The average Bonchev–Trinajstić information content (AvgIpc) is 2.80. The molecule has 2 N–H and O–H groups in total. The van der Waals surface area contributed by atoms with Crippen LogP contribution >= 0.6 is 11.6 Å². The number of nitrogens with two attached hydrogens (primary N) is 1. The van der Waals surface area contributed by atoms with E-state index in [0.29, 0.717) is 28.5 Å². The molecule has 0 radical (unpaired) electrons. The van der Waals surface area contributed by atoms with Gasteiger partial charge in [-0.3, -0.25) is 9.48 Å². The third kappa shape index (κ3) is 2.17. The second kappa shape index (κ2) is 4.59. The number of aryl methyl sites for hydroxylation is 1. The zero-order valence-corrected chi connectivity index (χ0v) is 10.1. The van der Waals surface area contributed by atoms with E-state index < -0.39 is 0 Å². The van der Waals surface area contributed by atoms with E-state index in [2.05, 4.69) is 5.10 Å². The van der Waals surface area contributed by atoms with E-state index in [1.54, 1.807) is 35.1 Å². The predicted molar refractivity (Wildman–Crippen MR) is 67.2 cm³/mol. The number of carbonyl (C=O) groups excluding carboxylic acids is 1. The highest BCUT2D eigenvalue weighted by molar-refractivity contribution is 6.33. The van der Waals surface area contributed by atoms with Crippen molar-refractivity contribution in [3.8, 4) is 0 Å². The second-order valence-corrected chi connectivity index (χ2v) is 4.00. The monoisotopic (exact) mass is 249 g/mol. The average molecular weight is 250 g/mol. The van der Waals surface area contributed by atoms with Crippen molar-refractivity contribution in [1.82, 2.24) is 9.78 Å². The van der Waals surface area contributed by atoms with Crippen LogP contribution in [0.5, 0.6) is 0 Å². The summed E-state index contributed by atoms with van der Waals surface area (Å²) in [5.74, 6) is -0.104.